The maximum atomic E-state index is 13.4. The Hall–Kier alpha value is -2.86. The minimum absolute atomic E-state index is 0.0840. The maximum absolute atomic E-state index is 13.4. The topological polar surface area (TPSA) is 71.1 Å². The molecule has 1 unspecified atom stereocenters. The van der Waals surface area contributed by atoms with Crippen LogP contribution in [0, 0.1) is 0 Å². The number of piperidine rings is 1. The average Bonchev–Trinajstić information content (AvgIpc) is 3.23. The minimum atomic E-state index is -0.0874. The first-order valence-corrected chi connectivity index (χ1v) is 9.65. The lowest BCUT2D eigenvalue weighted by Gasteiger charge is -2.36. The molecule has 3 aromatic rings. The predicted molar refractivity (Wildman–Crippen MR) is 107 cm³/mol. The number of carbonyl (C=O) groups is 1. The van der Waals surface area contributed by atoms with Gasteiger partial charge in [-0.25, -0.2) is 0 Å². The summed E-state index contributed by atoms with van der Waals surface area (Å²) in [6.45, 7) is 0.675. The molecule has 1 N–H and O–H groups in total. The van der Waals surface area contributed by atoms with Crippen LogP contribution in [-0.4, -0.2) is 39.6 Å². The number of methoxy groups -OCH3 is 1. The molecule has 0 bridgehead atoms. The van der Waals surface area contributed by atoms with Crippen molar-refractivity contribution in [3.05, 3.63) is 65.2 Å². The molecule has 1 aromatic carbocycles. The van der Waals surface area contributed by atoms with E-state index in [1.807, 2.05) is 23.2 Å². The van der Waals surface area contributed by atoms with Crippen molar-refractivity contribution in [1.29, 1.82) is 0 Å². The van der Waals surface area contributed by atoms with Crippen LogP contribution in [0.5, 0.6) is 5.75 Å². The number of nitrogens with one attached hydrogen (secondary N) is 1. The van der Waals surface area contributed by atoms with Gasteiger partial charge in [0.15, 0.2) is 0 Å². The van der Waals surface area contributed by atoms with E-state index in [9.17, 15) is 4.79 Å². The number of amides is 1. The van der Waals surface area contributed by atoms with Crippen molar-refractivity contribution in [2.45, 2.75) is 25.3 Å². The number of likely N-dealkylation sites (tertiary alicyclic amines) is 1. The summed E-state index contributed by atoms with van der Waals surface area (Å²) in [5.74, 6) is 0.442. The molecule has 1 atom stereocenters. The molecule has 144 valence electrons. The lowest BCUT2D eigenvalue weighted by Crippen LogP contribution is -2.39. The normalized spacial score (nSPS) is 16.8. The highest BCUT2D eigenvalue weighted by atomic mass is 35.5. The number of hydrogen-bond donors (Lipinski definition) is 1. The number of ether oxygens (including phenoxy) is 1. The first kappa shape index (κ1) is 18.5. The second kappa shape index (κ2) is 8.02. The molecule has 1 amide bonds. The van der Waals surface area contributed by atoms with Gasteiger partial charge >= 0.3 is 0 Å². The van der Waals surface area contributed by atoms with Gasteiger partial charge in [0.2, 0.25) is 0 Å². The van der Waals surface area contributed by atoms with E-state index in [0.717, 1.165) is 36.1 Å². The van der Waals surface area contributed by atoms with Crippen LogP contribution in [0.15, 0.2) is 48.9 Å². The van der Waals surface area contributed by atoms with Crippen LogP contribution in [0.25, 0.3) is 11.1 Å². The molecular formula is C21H21ClN4O2. The summed E-state index contributed by atoms with van der Waals surface area (Å²) in [7, 11) is 1.56. The van der Waals surface area contributed by atoms with E-state index >= 15 is 0 Å². The summed E-state index contributed by atoms with van der Waals surface area (Å²) in [6.07, 6.45) is 8.20. The summed E-state index contributed by atoms with van der Waals surface area (Å²) in [5.41, 5.74) is 3.44. The van der Waals surface area contributed by atoms with Crippen molar-refractivity contribution in [3.63, 3.8) is 0 Å². The van der Waals surface area contributed by atoms with Crippen LogP contribution in [0.3, 0.4) is 0 Å². The van der Waals surface area contributed by atoms with E-state index in [1.54, 1.807) is 37.7 Å². The molecule has 7 heteroatoms. The molecule has 0 aliphatic carbocycles. The van der Waals surface area contributed by atoms with Gasteiger partial charge in [0.05, 0.1) is 30.6 Å². The molecule has 6 nitrogen and oxygen atoms in total. The zero-order valence-corrected chi connectivity index (χ0v) is 16.3. The van der Waals surface area contributed by atoms with E-state index in [0.29, 0.717) is 22.9 Å². The van der Waals surface area contributed by atoms with Crippen molar-refractivity contribution in [2.75, 3.05) is 13.7 Å². The third-order valence-electron chi connectivity index (χ3n) is 5.15. The minimum Gasteiger partial charge on any atom is -0.496 e. The first-order valence-electron chi connectivity index (χ1n) is 9.27. The Balaban J connectivity index is 1.72. The van der Waals surface area contributed by atoms with Crippen molar-refractivity contribution in [3.8, 4) is 16.9 Å². The molecule has 1 aliphatic heterocycles. The fourth-order valence-electron chi connectivity index (χ4n) is 3.79. The summed E-state index contributed by atoms with van der Waals surface area (Å²) in [6, 6.07) is 8.93. The number of carbonyl (C=O) groups excluding carboxylic acids is 1. The third-order valence-corrected chi connectivity index (χ3v) is 5.38. The van der Waals surface area contributed by atoms with Gasteiger partial charge in [0.25, 0.3) is 5.91 Å². The quantitative estimate of drug-likeness (QED) is 0.704. The Morgan fingerprint density at radius 2 is 2.07 bits per heavy atom. The van der Waals surface area contributed by atoms with E-state index in [1.165, 1.54) is 0 Å². The van der Waals surface area contributed by atoms with E-state index in [2.05, 4.69) is 15.2 Å². The maximum Gasteiger partial charge on any atom is 0.258 e. The number of pyridine rings is 1. The van der Waals surface area contributed by atoms with Crippen molar-refractivity contribution in [2.24, 2.45) is 0 Å². The number of aromatic nitrogens is 3. The van der Waals surface area contributed by atoms with Gasteiger partial charge in [-0.2, -0.15) is 5.10 Å². The number of aromatic amines is 1. The first-order chi connectivity index (χ1) is 13.7. The summed E-state index contributed by atoms with van der Waals surface area (Å²) in [5, 5.41) is 7.90. The summed E-state index contributed by atoms with van der Waals surface area (Å²) >= 11 is 6.15. The largest absolute Gasteiger partial charge is 0.496 e. The van der Waals surface area contributed by atoms with Gasteiger partial charge in [-0.15, -0.1) is 0 Å². The molecule has 3 heterocycles. The van der Waals surface area contributed by atoms with Crippen LogP contribution < -0.4 is 4.74 Å². The second-order valence-electron chi connectivity index (χ2n) is 6.79. The lowest BCUT2D eigenvalue weighted by atomic mass is 9.94. The standard InChI is InChI=1S/C21H21ClN4O2/c1-28-19-6-5-15(22)12-16(19)21(27)26-11-3-2-4-18(26)20-17(13-24-25-20)14-7-9-23-10-8-14/h5-10,12-13,18H,2-4,11H2,1H3,(H,24,25). The summed E-state index contributed by atoms with van der Waals surface area (Å²) < 4.78 is 5.40. The Morgan fingerprint density at radius 1 is 1.25 bits per heavy atom. The van der Waals surface area contributed by atoms with Crippen LogP contribution in [-0.2, 0) is 0 Å². The Kier molecular flexibility index (Phi) is 5.30. The molecular weight excluding hydrogens is 376 g/mol. The average molecular weight is 397 g/mol. The molecule has 0 radical (unpaired) electrons. The van der Waals surface area contributed by atoms with Crippen molar-refractivity contribution in [1.82, 2.24) is 20.1 Å². The van der Waals surface area contributed by atoms with E-state index < -0.39 is 0 Å². The molecule has 1 saturated heterocycles. The van der Waals surface area contributed by atoms with Crippen molar-refractivity contribution < 1.29 is 9.53 Å². The number of hydrogen-bond acceptors (Lipinski definition) is 4. The van der Waals surface area contributed by atoms with Crippen LogP contribution >= 0.6 is 11.6 Å². The molecule has 0 saturated carbocycles. The monoisotopic (exact) mass is 396 g/mol. The van der Waals surface area contributed by atoms with Gasteiger partial charge in [0, 0.05) is 29.5 Å². The van der Waals surface area contributed by atoms with Gasteiger partial charge in [0.1, 0.15) is 5.75 Å². The highest BCUT2D eigenvalue weighted by Crippen LogP contribution is 2.37. The van der Waals surface area contributed by atoms with E-state index in [4.69, 9.17) is 16.3 Å². The molecule has 4 rings (SSSR count). The predicted octanol–water partition coefficient (Wildman–Crippen LogP) is 4.50. The Morgan fingerprint density at radius 3 is 2.86 bits per heavy atom. The van der Waals surface area contributed by atoms with Gasteiger partial charge in [-0.3, -0.25) is 14.9 Å². The molecule has 1 fully saturated rings. The number of nitrogens with zero attached hydrogens (tertiary/aromatic N) is 3. The number of H-pyrrole nitrogens is 1. The molecule has 1 aliphatic rings. The number of halogens is 1. The third kappa shape index (κ3) is 3.47. The van der Waals surface area contributed by atoms with Gasteiger partial charge in [-0.1, -0.05) is 11.6 Å². The fraction of sp³-hybridized carbons (Fsp3) is 0.286. The zero-order valence-electron chi connectivity index (χ0n) is 15.6. The molecule has 2 aromatic heterocycles. The highest BCUT2D eigenvalue weighted by Gasteiger charge is 2.32. The smallest absolute Gasteiger partial charge is 0.258 e. The number of rotatable bonds is 4. The van der Waals surface area contributed by atoms with Crippen LogP contribution in [0.4, 0.5) is 0 Å². The fourth-order valence-corrected chi connectivity index (χ4v) is 3.96. The van der Waals surface area contributed by atoms with Gasteiger partial charge < -0.3 is 9.64 Å². The Labute approximate surface area is 168 Å². The van der Waals surface area contributed by atoms with Crippen LogP contribution in [0.2, 0.25) is 5.02 Å². The Bertz CT molecular complexity index is 974. The zero-order chi connectivity index (χ0) is 19.5. The lowest BCUT2D eigenvalue weighted by molar-refractivity contribution is 0.0603. The van der Waals surface area contributed by atoms with Crippen molar-refractivity contribution >= 4 is 17.5 Å². The SMILES string of the molecule is COc1ccc(Cl)cc1C(=O)N1CCCCC1c1[nH]ncc1-c1ccncc1. The summed E-state index contributed by atoms with van der Waals surface area (Å²) in [4.78, 5) is 19.4. The highest BCUT2D eigenvalue weighted by molar-refractivity contribution is 6.31. The number of benzene rings is 1. The van der Waals surface area contributed by atoms with Crippen LogP contribution in [0.1, 0.15) is 41.4 Å². The second-order valence-corrected chi connectivity index (χ2v) is 7.22. The van der Waals surface area contributed by atoms with Gasteiger partial charge in [-0.05, 0) is 55.2 Å². The molecule has 0 spiro atoms. The van der Waals surface area contributed by atoms with E-state index in [-0.39, 0.29) is 11.9 Å². The molecule has 28 heavy (non-hydrogen) atoms.